The summed E-state index contributed by atoms with van der Waals surface area (Å²) in [6, 6.07) is 14.2. The zero-order valence-electron chi connectivity index (χ0n) is 15.2. The number of hydrogen-bond acceptors (Lipinski definition) is 7. The molecule has 0 fully saturated rings. The van der Waals surface area contributed by atoms with Crippen molar-refractivity contribution in [1.29, 1.82) is 0 Å². The van der Waals surface area contributed by atoms with Gasteiger partial charge < -0.3 is 10.1 Å². The van der Waals surface area contributed by atoms with Crippen LogP contribution in [0.5, 0.6) is 11.6 Å². The summed E-state index contributed by atoms with van der Waals surface area (Å²) in [5.74, 6) is 0.159. The van der Waals surface area contributed by atoms with E-state index in [4.69, 9.17) is 16.3 Å². The molecule has 2 heterocycles. The molecule has 0 bridgehead atoms. The molecule has 0 spiro atoms. The zero-order chi connectivity index (χ0) is 20.4. The highest BCUT2D eigenvalue weighted by Crippen LogP contribution is 2.37. The lowest BCUT2D eigenvalue weighted by molar-refractivity contribution is -0.385. The van der Waals surface area contributed by atoms with Crippen LogP contribution in [0.3, 0.4) is 0 Å². The lowest BCUT2D eigenvalue weighted by atomic mass is 10.2. The van der Waals surface area contributed by atoms with E-state index < -0.39 is 10.6 Å². The molecule has 0 aliphatic heterocycles. The fourth-order valence-corrected chi connectivity index (χ4v) is 2.94. The lowest BCUT2D eigenvalue weighted by Gasteiger charge is -2.11. The largest absolute Gasteiger partial charge is 0.431 e. The fourth-order valence-electron chi connectivity index (χ4n) is 2.76. The molecule has 0 atom stereocenters. The van der Waals surface area contributed by atoms with Gasteiger partial charge in [0, 0.05) is 22.3 Å². The number of halogens is 1. The third-order valence-electron chi connectivity index (χ3n) is 4.21. The maximum atomic E-state index is 11.8. The van der Waals surface area contributed by atoms with Gasteiger partial charge in [0.25, 0.3) is 0 Å². The van der Waals surface area contributed by atoms with E-state index in [0.717, 1.165) is 10.9 Å². The Morgan fingerprint density at radius 2 is 1.93 bits per heavy atom. The molecule has 4 aromatic rings. The van der Waals surface area contributed by atoms with Crippen LogP contribution >= 0.6 is 11.6 Å². The van der Waals surface area contributed by atoms with Crippen molar-refractivity contribution in [3.05, 3.63) is 81.8 Å². The second kappa shape index (κ2) is 7.69. The maximum Gasteiger partial charge on any atom is 0.373 e. The van der Waals surface area contributed by atoms with E-state index in [2.05, 4.69) is 20.3 Å². The number of fused-ring (bicyclic) bond motifs is 1. The molecule has 0 amide bonds. The summed E-state index contributed by atoms with van der Waals surface area (Å²) in [6.07, 6.45) is 2.82. The molecule has 0 aliphatic rings. The molecule has 0 saturated carbocycles. The molecule has 144 valence electrons. The number of anilines is 2. The van der Waals surface area contributed by atoms with Gasteiger partial charge in [-0.25, -0.2) is 4.98 Å². The summed E-state index contributed by atoms with van der Waals surface area (Å²) in [5.41, 5.74) is 1.63. The number of para-hydroxylation sites is 1. The summed E-state index contributed by atoms with van der Waals surface area (Å²) < 4.78 is 5.78. The second-order valence-corrected chi connectivity index (χ2v) is 6.56. The van der Waals surface area contributed by atoms with Gasteiger partial charge in [-0.2, -0.15) is 4.98 Å². The Morgan fingerprint density at radius 3 is 2.72 bits per heavy atom. The van der Waals surface area contributed by atoms with E-state index >= 15 is 0 Å². The van der Waals surface area contributed by atoms with E-state index in [0.29, 0.717) is 22.0 Å². The molecule has 9 heteroatoms. The van der Waals surface area contributed by atoms with Gasteiger partial charge in [-0.1, -0.05) is 35.9 Å². The van der Waals surface area contributed by atoms with Crippen molar-refractivity contribution < 1.29 is 9.66 Å². The molecule has 2 aromatic carbocycles. The van der Waals surface area contributed by atoms with Crippen molar-refractivity contribution in [2.24, 2.45) is 0 Å². The van der Waals surface area contributed by atoms with Gasteiger partial charge in [-0.05, 0) is 36.8 Å². The minimum absolute atomic E-state index is 0.00637. The monoisotopic (exact) mass is 407 g/mol. The molecule has 4 rings (SSSR count). The summed E-state index contributed by atoms with van der Waals surface area (Å²) in [6.45, 7) is 1.86. The Morgan fingerprint density at radius 1 is 1.10 bits per heavy atom. The predicted octanol–water partition coefficient (Wildman–Crippen LogP) is 5.43. The van der Waals surface area contributed by atoms with Crippen LogP contribution in [0, 0.1) is 17.0 Å². The summed E-state index contributed by atoms with van der Waals surface area (Å²) in [7, 11) is 0. The van der Waals surface area contributed by atoms with E-state index in [1.165, 1.54) is 6.33 Å². The number of nitro groups is 1. The zero-order valence-corrected chi connectivity index (χ0v) is 15.9. The Balaban J connectivity index is 1.75. The number of rotatable bonds is 5. The van der Waals surface area contributed by atoms with Crippen molar-refractivity contribution in [2.45, 2.75) is 6.92 Å². The average Bonchev–Trinajstić information content (AvgIpc) is 2.71. The van der Waals surface area contributed by atoms with Crippen molar-refractivity contribution in [2.75, 3.05) is 5.32 Å². The van der Waals surface area contributed by atoms with Gasteiger partial charge in [0.2, 0.25) is 5.82 Å². The van der Waals surface area contributed by atoms with Gasteiger partial charge in [-0.15, -0.1) is 0 Å². The van der Waals surface area contributed by atoms with Crippen molar-refractivity contribution >= 4 is 39.7 Å². The van der Waals surface area contributed by atoms with Crippen LogP contribution in [-0.2, 0) is 0 Å². The maximum absolute atomic E-state index is 11.8. The van der Waals surface area contributed by atoms with Gasteiger partial charge in [0.15, 0.2) is 5.75 Å². The number of pyridine rings is 1. The number of aromatic nitrogens is 3. The molecule has 0 saturated heterocycles. The summed E-state index contributed by atoms with van der Waals surface area (Å²) >= 11 is 6.14. The number of hydrogen-bond donors (Lipinski definition) is 1. The molecular weight excluding hydrogens is 394 g/mol. The fraction of sp³-hybridized carbons (Fsp3) is 0.0500. The standard InChI is InChI=1S/C20H14ClN5O3/c1-12-7-8-14(10-15(12)21)25-19-18(26(27)28)20(24-11-23-19)29-16-6-2-4-13-5-3-9-22-17(13)16/h2-11H,1H3,(H,23,24,25). The van der Waals surface area contributed by atoms with E-state index in [-0.39, 0.29) is 11.7 Å². The van der Waals surface area contributed by atoms with Crippen LogP contribution in [0.4, 0.5) is 17.2 Å². The number of nitrogens with one attached hydrogen (secondary N) is 1. The van der Waals surface area contributed by atoms with Crippen molar-refractivity contribution in [3.63, 3.8) is 0 Å². The molecule has 2 aromatic heterocycles. The number of nitrogens with zero attached hydrogens (tertiary/aromatic N) is 4. The minimum Gasteiger partial charge on any atom is -0.431 e. The van der Waals surface area contributed by atoms with Crippen LogP contribution < -0.4 is 10.1 Å². The van der Waals surface area contributed by atoms with Crippen molar-refractivity contribution in [3.8, 4) is 11.6 Å². The van der Waals surface area contributed by atoms with Gasteiger partial charge in [0.1, 0.15) is 11.8 Å². The summed E-state index contributed by atoms with van der Waals surface area (Å²) in [5, 5.41) is 16.1. The average molecular weight is 408 g/mol. The third-order valence-corrected chi connectivity index (χ3v) is 4.62. The lowest BCUT2D eigenvalue weighted by Crippen LogP contribution is -2.04. The highest BCUT2D eigenvalue weighted by Gasteiger charge is 2.26. The molecule has 0 radical (unpaired) electrons. The second-order valence-electron chi connectivity index (χ2n) is 6.16. The predicted molar refractivity (Wildman–Crippen MR) is 110 cm³/mol. The Labute approximate surface area is 170 Å². The number of aryl methyl sites for hydroxylation is 1. The Kier molecular flexibility index (Phi) is 4.92. The summed E-state index contributed by atoms with van der Waals surface area (Å²) in [4.78, 5) is 23.4. The quantitative estimate of drug-likeness (QED) is 0.347. The highest BCUT2D eigenvalue weighted by molar-refractivity contribution is 6.31. The van der Waals surface area contributed by atoms with Crippen molar-refractivity contribution in [1.82, 2.24) is 15.0 Å². The smallest absolute Gasteiger partial charge is 0.373 e. The topological polar surface area (TPSA) is 103 Å². The van der Waals surface area contributed by atoms with E-state index in [1.807, 2.05) is 19.1 Å². The molecule has 0 unspecified atom stereocenters. The van der Waals surface area contributed by atoms with Crippen LogP contribution in [0.1, 0.15) is 5.56 Å². The first-order chi connectivity index (χ1) is 14.0. The van der Waals surface area contributed by atoms with Crippen LogP contribution in [0.2, 0.25) is 5.02 Å². The van der Waals surface area contributed by atoms with E-state index in [1.54, 1.807) is 42.6 Å². The van der Waals surface area contributed by atoms with Crippen LogP contribution in [0.15, 0.2) is 61.1 Å². The molecule has 0 aliphatic carbocycles. The SMILES string of the molecule is Cc1ccc(Nc2ncnc(Oc3cccc4cccnc34)c2[N+](=O)[O-])cc1Cl. The molecule has 1 N–H and O–H groups in total. The Bertz CT molecular complexity index is 1230. The van der Waals surface area contributed by atoms with Crippen LogP contribution in [-0.4, -0.2) is 19.9 Å². The van der Waals surface area contributed by atoms with Gasteiger partial charge in [0.05, 0.1) is 4.92 Å². The first-order valence-corrected chi connectivity index (χ1v) is 8.95. The Hall–Kier alpha value is -3.78. The first-order valence-electron chi connectivity index (χ1n) is 8.57. The molecule has 29 heavy (non-hydrogen) atoms. The minimum atomic E-state index is -0.591. The third kappa shape index (κ3) is 3.78. The number of benzene rings is 2. The molecular formula is C20H14ClN5O3. The number of ether oxygens (including phenoxy) is 1. The normalized spacial score (nSPS) is 10.7. The highest BCUT2D eigenvalue weighted by atomic mass is 35.5. The first kappa shape index (κ1) is 18.6. The van der Waals surface area contributed by atoms with E-state index in [9.17, 15) is 10.1 Å². The van der Waals surface area contributed by atoms with Gasteiger partial charge >= 0.3 is 11.6 Å². The van der Waals surface area contributed by atoms with Crippen LogP contribution in [0.25, 0.3) is 10.9 Å². The van der Waals surface area contributed by atoms with Gasteiger partial charge in [-0.3, -0.25) is 15.1 Å². The molecule has 8 nitrogen and oxygen atoms in total.